The van der Waals surface area contributed by atoms with Gasteiger partial charge >= 0.3 is 0 Å². The molecule has 2 N–H and O–H groups in total. The molecule has 0 bridgehead atoms. The van der Waals surface area contributed by atoms with Gasteiger partial charge in [0.2, 0.25) is 5.91 Å². The lowest BCUT2D eigenvalue weighted by molar-refractivity contribution is 0.100. The van der Waals surface area contributed by atoms with Crippen LogP contribution >= 0.6 is 0 Å². The number of aryl methyl sites for hydroxylation is 2. The maximum Gasteiger partial charge on any atom is 0.250 e. The standard InChI is InChI=1S/C9H9N4O/c1-5-7-6(8(10)14)3-4-11-9(7)13(2)12-5/h4H,1-2H3,(H2,10,14). The fourth-order valence-corrected chi connectivity index (χ4v) is 1.51. The molecule has 2 heterocycles. The quantitative estimate of drug-likeness (QED) is 0.695. The highest BCUT2D eigenvalue weighted by molar-refractivity contribution is 6.05. The Morgan fingerprint density at radius 3 is 3.00 bits per heavy atom. The number of aromatic nitrogens is 3. The van der Waals surface area contributed by atoms with Crippen LogP contribution in [-0.2, 0) is 7.05 Å². The second kappa shape index (κ2) is 2.80. The highest BCUT2D eigenvalue weighted by Crippen LogP contribution is 2.18. The van der Waals surface area contributed by atoms with Gasteiger partial charge in [0.25, 0.3) is 0 Å². The molecule has 0 aliphatic carbocycles. The summed E-state index contributed by atoms with van der Waals surface area (Å²) in [6, 6.07) is 2.73. The van der Waals surface area contributed by atoms with Crippen LogP contribution in [-0.4, -0.2) is 20.7 Å². The van der Waals surface area contributed by atoms with Crippen molar-refractivity contribution in [3.05, 3.63) is 23.5 Å². The smallest absolute Gasteiger partial charge is 0.250 e. The Labute approximate surface area is 80.5 Å². The van der Waals surface area contributed by atoms with Gasteiger partial charge in [0.05, 0.1) is 16.6 Å². The van der Waals surface area contributed by atoms with Crippen molar-refractivity contribution < 1.29 is 4.79 Å². The third kappa shape index (κ3) is 1.06. The van der Waals surface area contributed by atoms with Gasteiger partial charge in [0, 0.05) is 19.3 Å². The molecule has 0 aliphatic heterocycles. The summed E-state index contributed by atoms with van der Waals surface area (Å²) in [4.78, 5) is 15.2. The first-order valence-corrected chi connectivity index (χ1v) is 4.11. The van der Waals surface area contributed by atoms with Crippen molar-refractivity contribution in [3.63, 3.8) is 0 Å². The van der Waals surface area contributed by atoms with Crippen LogP contribution < -0.4 is 5.73 Å². The molecular formula is C9H9N4O. The zero-order valence-corrected chi connectivity index (χ0v) is 7.90. The molecule has 0 unspecified atom stereocenters. The minimum Gasteiger partial charge on any atom is -0.366 e. The van der Waals surface area contributed by atoms with E-state index in [0.29, 0.717) is 16.6 Å². The predicted molar refractivity (Wildman–Crippen MR) is 50.6 cm³/mol. The predicted octanol–water partition coefficient (Wildman–Crippen LogP) is 0.176. The molecule has 1 amide bonds. The average Bonchev–Trinajstić information content (AvgIpc) is 2.43. The Balaban J connectivity index is 2.92. The fraction of sp³-hybridized carbons (Fsp3) is 0.222. The van der Waals surface area contributed by atoms with Crippen LogP contribution in [0.2, 0.25) is 0 Å². The maximum absolute atomic E-state index is 11.1. The third-order valence-electron chi connectivity index (χ3n) is 2.08. The summed E-state index contributed by atoms with van der Waals surface area (Å²) >= 11 is 0. The second-order valence-corrected chi connectivity index (χ2v) is 3.05. The first kappa shape index (κ1) is 8.68. The van der Waals surface area contributed by atoms with Crippen molar-refractivity contribution in [2.75, 3.05) is 0 Å². The summed E-state index contributed by atoms with van der Waals surface area (Å²) in [7, 11) is 1.77. The molecule has 1 radical (unpaired) electrons. The van der Waals surface area contributed by atoms with Gasteiger partial charge in [-0.1, -0.05) is 0 Å². The number of hydrogen-bond donors (Lipinski definition) is 1. The first-order chi connectivity index (χ1) is 6.61. The van der Waals surface area contributed by atoms with Gasteiger partial charge in [-0.2, -0.15) is 5.10 Å². The summed E-state index contributed by atoms with van der Waals surface area (Å²) in [5, 5.41) is 4.84. The van der Waals surface area contributed by atoms with E-state index in [2.05, 4.69) is 16.1 Å². The van der Waals surface area contributed by atoms with Crippen LogP contribution in [0.1, 0.15) is 16.1 Å². The molecule has 5 nitrogen and oxygen atoms in total. The number of pyridine rings is 1. The maximum atomic E-state index is 11.1. The van der Waals surface area contributed by atoms with Crippen LogP contribution in [0.4, 0.5) is 0 Å². The first-order valence-electron chi connectivity index (χ1n) is 4.11. The third-order valence-corrected chi connectivity index (χ3v) is 2.08. The average molecular weight is 189 g/mol. The summed E-state index contributed by atoms with van der Waals surface area (Å²) in [5.74, 6) is -0.506. The van der Waals surface area contributed by atoms with Gasteiger partial charge < -0.3 is 5.73 Å². The largest absolute Gasteiger partial charge is 0.366 e. The second-order valence-electron chi connectivity index (χ2n) is 3.05. The minimum atomic E-state index is -0.506. The molecule has 2 rings (SSSR count). The molecule has 0 aliphatic rings. The zero-order chi connectivity index (χ0) is 10.3. The number of rotatable bonds is 1. The van der Waals surface area contributed by atoms with E-state index in [4.69, 9.17) is 5.73 Å². The molecule has 0 fully saturated rings. The Kier molecular flexibility index (Phi) is 1.73. The van der Waals surface area contributed by atoms with Crippen molar-refractivity contribution in [1.29, 1.82) is 0 Å². The Bertz CT molecular complexity index is 515. The fourth-order valence-electron chi connectivity index (χ4n) is 1.51. The number of carbonyl (C=O) groups excluding carboxylic acids is 1. The van der Waals surface area contributed by atoms with Gasteiger partial charge in [-0.3, -0.25) is 9.48 Å². The molecule has 0 atom stereocenters. The van der Waals surface area contributed by atoms with Crippen molar-refractivity contribution >= 4 is 16.9 Å². The van der Waals surface area contributed by atoms with E-state index in [1.807, 2.05) is 6.92 Å². The SMILES string of the molecule is Cc1nn(C)c2nc[c]c(C(N)=O)c12. The van der Waals surface area contributed by atoms with Gasteiger partial charge in [-0.05, 0) is 6.92 Å². The summed E-state index contributed by atoms with van der Waals surface area (Å²) in [6.07, 6.45) is 1.43. The van der Waals surface area contributed by atoms with E-state index in [0.717, 1.165) is 5.69 Å². The molecule has 0 spiro atoms. The van der Waals surface area contributed by atoms with E-state index >= 15 is 0 Å². The van der Waals surface area contributed by atoms with Gasteiger partial charge in [-0.15, -0.1) is 0 Å². The molecule has 0 saturated carbocycles. The topological polar surface area (TPSA) is 73.8 Å². The Hall–Kier alpha value is -1.91. The number of carbonyl (C=O) groups is 1. The van der Waals surface area contributed by atoms with Crippen LogP contribution in [0.3, 0.4) is 0 Å². The number of nitrogens with zero attached hydrogens (tertiary/aromatic N) is 3. The van der Waals surface area contributed by atoms with E-state index in [-0.39, 0.29) is 0 Å². The lowest BCUT2D eigenvalue weighted by atomic mass is 10.1. The van der Waals surface area contributed by atoms with E-state index < -0.39 is 5.91 Å². The van der Waals surface area contributed by atoms with Crippen molar-refractivity contribution in [3.8, 4) is 0 Å². The molecule has 2 aromatic rings. The minimum absolute atomic E-state index is 0.348. The van der Waals surface area contributed by atoms with E-state index in [1.165, 1.54) is 6.20 Å². The summed E-state index contributed by atoms with van der Waals surface area (Å²) in [5.41, 5.74) is 6.96. The Morgan fingerprint density at radius 2 is 2.36 bits per heavy atom. The number of hydrogen-bond acceptors (Lipinski definition) is 3. The summed E-state index contributed by atoms with van der Waals surface area (Å²) < 4.78 is 1.62. The van der Waals surface area contributed by atoms with Gasteiger partial charge in [-0.25, -0.2) is 4.98 Å². The molecule has 2 aromatic heterocycles. The normalized spacial score (nSPS) is 10.7. The van der Waals surface area contributed by atoms with Crippen LogP contribution in [0.15, 0.2) is 6.20 Å². The lowest BCUT2D eigenvalue weighted by Gasteiger charge is -1.97. The molecule has 5 heteroatoms. The number of nitrogens with two attached hydrogens (primary N) is 1. The zero-order valence-electron chi connectivity index (χ0n) is 7.90. The lowest BCUT2D eigenvalue weighted by Crippen LogP contribution is -2.12. The Morgan fingerprint density at radius 1 is 1.64 bits per heavy atom. The van der Waals surface area contributed by atoms with Crippen LogP contribution in [0, 0.1) is 13.0 Å². The number of amides is 1. The highest BCUT2D eigenvalue weighted by Gasteiger charge is 2.13. The number of fused-ring (bicyclic) bond motifs is 1. The van der Waals surface area contributed by atoms with Crippen LogP contribution in [0.25, 0.3) is 11.0 Å². The number of primary amides is 1. The van der Waals surface area contributed by atoms with Crippen molar-refractivity contribution in [2.24, 2.45) is 12.8 Å². The molecule has 14 heavy (non-hydrogen) atoms. The molecule has 0 aromatic carbocycles. The monoisotopic (exact) mass is 189 g/mol. The summed E-state index contributed by atoms with van der Waals surface area (Å²) in [6.45, 7) is 1.81. The highest BCUT2D eigenvalue weighted by atomic mass is 16.1. The molecular weight excluding hydrogens is 180 g/mol. The van der Waals surface area contributed by atoms with Gasteiger partial charge in [0.15, 0.2) is 5.65 Å². The van der Waals surface area contributed by atoms with E-state index in [1.54, 1.807) is 11.7 Å². The molecule has 71 valence electrons. The van der Waals surface area contributed by atoms with Gasteiger partial charge in [0.1, 0.15) is 0 Å². The van der Waals surface area contributed by atoms with Crippen LogP contribution in [0.5, 0.6) is 0 Å². The van der Waals surface area contributed by atoms with Crippen molar-refractivity contribution in [2.45, 2.75) is 6.92 Å². The van der Waals surface area contributed by atoms with E-state index in [9.17, 15) is 4.79 Å². The molecule has 0 saturated heterocycles. The van der Waals surface area contributed by atoms with Crippen molar-refractivity contribution in [1.82, 2.24) is 14.8 Å².